The van der Waals surface area contributed by atoms with Crippen LogP contribution in [0.15, 0.2) is 30.5 Å². The molecule has 0 aliphatic rings. The third-order valence-electron chi connectivity index (χ3n) is 2.72. The number of rotatable bonds is 3. The Kier molecular flexibility index (Phi) is 3.01. The number of ether oxygens (including phenoxy) is 1. The molecule has 0 radical (unpaired) electrons. The molecule has 1 aromatic carbocycles. The Bertz CT molecular complexity index is 522. The van der Waals surface area contributed by atoms with Gasteiger partial charge in [-0.25, -0.2) is 0 Å². The number of anilines is 1. The van der Waals surface area contributed by atoms with Crippen LogP contribution in [0, 0.1) is 0 Å². The van der Waals surface area contributed by atoms with Crippen molar-refractivity contribution in [3.05, 3.63) is 41.7 Å². The summed E-state index contributed by atoms with van der Waals surface area (Å²) >= 11 is 0. The summed E-state index contributed by atoms with van der Waals surface area (Å²) in [7, 11) is 3.29. The first-order chi connectivity index (χ1) is 8.15. The van der Waals surface area contributed by atoms with E-state index in [-0.39, 0.29) is 0 Å². The molecule has 0 saturated carbocycles. The molecular formula is C12H15N3O2. The number of aliphatic hydroxyl groups excluding tert-OH is 1. The van der Waals surface area contributed by atoms with Crippen LogP contribution in [0.25, 0.3) is 0 Å². The summed E-state index contributed by atoms with van der Waals surface area (Å²) in [6, 6.07) is 7.19. The van der Waals surface area contributed by atoms with Crippen LogP contribution in [0.3, 0.4) is 0 Å². The summed E-state index contributed by atoms with van der Waals surface area (Å²) in [4.78, 5) is 0. The highest BCUT2D eigenvalue weighted by atomic mass is 16.5. The van der Waals surface area contributed by atoms with Gasteiger partial charge in [-0.2, -0.15) is 5.10 Å². The molecule has 2 aromatic rings. The maximum Gasteiger partial charge on any atom is 0.162 e. The van der Waals surface area contributed by atoms with Crippen molar-refractivity contribution in [2.24, 2.45) is 7.05 Å². The lowest BCUT2D eigenvalue weighted by Gasteiger charge is -2.15. The number of aryl methyl sites for hydroxylation is 1. The average Bonchev–Trinajstić information content (AvgIpc) is 2.70. The minimum atomic E-state index is -0.848. The molecule has 2 rings (SSSR count). The summed E-state index contributed by atoms with van der Waals surface area (Å²) in [5, 5.41) is 14.4. The number of methoxy groups -OCH3 is 1. The SMILES string of the molecule is COc1cnn(C)c1C(O)c1ccccc1N. The van der Waals surface area contributed by atoms with E-state index in [9.17, 15) is 5.11 Å². The molecule has 17 heavy (non-hydrogen) atoms. The quantitative estimate of drug-likeness (QED) is 0.778. The van der Waals surface area contributed by atoms with Crippen molar-refractivity contribution < 1.29 is 9.84 Å². The fraction of sp³-hybridized carbons (Fsp3) is 0.250. The van der Waals surface area contributed by atoms with Crippen molar-refractivity contribution >= 4 is 5.69 Å². The van der Waals surface area contributed by atoms with Crippen molar-refractivity contribution in [3.63, 3.8) is 0 Å². The number of hydrogen-bond donors (Lipinski definition) is 2. The lowest BCUT2D eigenvalue weighted by Crippen LogP contribution is -2.09. The first-order valence-electron chi connectivity index (χ1n) is 5.23. The summed E-state index contributed by atoms with van der Waals surface area (Å²) in [5.41, 5.74) is 7.62. The predicted molar refractivity (Wildman–Crippen MR) is 64.7 cm³/mol. The predicted octanol–water partition coefficient (Wildman–Crippen LogP) is 1.09. The third kappa shape index (κ3) is 1.97. The molecule has 0 aliphatic heterocycles. The van der Waals surface area contributed by atoms with Gasteiger partial charge in [0.2, 0.25) is 0 Å². The second-order valence-electron chi connectivity index (χ2n) is 3.75. The monoisotopic (exact) mass is 233 g/mol. The normalized spacial score (nSPS) is 12.4. The van der Waals surface area contributed by atoms with Crippen LogP contribution in [-0.2, 0) is 7.05 Å². The van der Waals surface area contributed by atoms with Crippen LogP contribution in [-0.4, -0.2) is 22.0 Å². The van der Waals surface area contributed by atoms with Crippen molar-refractivity contribution in [2.75, 3.05) is 12.8 Å². The third-order valence-corrected chi connectivity index (χ3v) is 2.72. The van der Waals surface area contributed by atoms with Crippen molar-refractivity contribution in [3.8, 4) is 5.75 Å². The van der Waals surface area contributed by atoms with E-state index in [1.165, 1.54) is 0 Å². The summed E-state index contributed by atoms with van der Waals surface area (Å²) < 4.78 is 6.74. The van der Waals surface area contributed by atoms with Crippen LogP contribution in [0.5, 0.6) is 5.75 Å². The Hall–Kier alpha value is -2.01. The van der Waals surface area contributed by atoms with Gasteiger partial charge in [0.1, 0.15) is 11.8 Å². The maximum absolute atomic E-state index is 10.3. The maximum atomic E-state index is 10.3. The zero-order valence-corrected chi connectivity index (χ0v) is 9.79. The topological polar surface area (TPSA) is 73.3 Å². The Balaban J connectivity index is 2.47. The molecule has 1 heterocycles. The van der Waals surface area contributed by atoms with E-state index in [4.69, 9.17) is 10.5 Å². The molecule has 5 heteroatoms. The Morgan fingerprint density at radius 3 is 2.76 bits per heavy atom. The molecule has 5 nitrogen and oxygen atoms in total. The van der Waals surface area contributed by atoms with Gasteiger partial charge in [0.15, 0.2) is 5.75 Å². The van der Waals surface area contributed by atoms with Crippen LogP contribution in [0.1, 0.15) is 17.4 Å². The number of hydrogen-bond acceptors (Lipinski definition) is 4. The van der Waals surface area contributed by atoms with Gasteiger partial charge in [0, 0.05) is 18.3 Å². The highest BCUT2D eigenvalue weighted by Gasteiger charge is 2.21. The van der Waals surface area contributed by atoms with Gasteiger partial charge in [-0.15, -0.1) is 0 Å². The van der Waals surface area contributed by atoms with Gasteiger partial charge in [-0.1, -0.05) is 18.2 Å². The smallest absolute Gasteiger partial charge is 0.162 e. The highest BCUT2D eigenvalue weighted by molar-refractivity contribution is 5.51. The lowest BCUT2D eigenvalue weighted by atomic mass is 10.0. The molecular weight excluding hydrogens is 218 g/mol. The Morgan fingerprint density at radius 1 is 1.41 bits per heavy atom. The molecule has 1 aromatic heterocycles. The van der Waals surface area contributed by atoms with Gasteiger partial charge in [0.05, 0.1) is 13.3 Å². The molecule has 0 amide bonds. The molecule has 3 N–H and O–H groups in total. The lowest BCUT2D eigenvalue weighted by molar-refractivity contribution is 0.205. The van der Waals surface area contributed by atoms with Crippen molar-refractivity contribution in [2.45, 2.75) is 6.10 Å². The van der Waals surface area contributed by atoms with Gasteiger partial charge in [0.25, 0.3) is 0 Å². The number of aromatic nitrogens is 2. The Morgan fingerprint density at radius 2 is 2.12 bits per heavy atom. The minimum Gasteiger partial charge on any atom is -0.493 e. The van der Waals surface area contributed by atoms with E-state index < -0.39 is 6.10 Å². The van der Waals surface area contributed by atoms with E-state index in [2.05, 4.69) is 5.10 Å². The second kappa shape index (κ2) is 4.47. The van der Waals surface area contributed by atoms with E-state index in [0.717, 1.165) is 0 Å². The van der Waals surface area contributed by atoms with Gasteiger partial charge in [-0.3, -0.25) is 4.68 Å². The molecule has 0 fully saturated rings. The van der Waals surface area contributed by atoms with E-state index in [0.29, 0.717) is 22.7 Å². The van der Waals surface area contributed by atoms with Crippen LogP contribution >= 0.6 is 0 Å². The number of nitrogen functional groups attached to an aromatic ring is 1. The minimum absolute atomic E-state index is 0.545. The molecule has 0 bridgehead atoms. The number of nitrogens with zero attached hydrogens (tertiary/aromatic N) is 2. The fourth-order valence-electron chi connectivity index (χ4n) is 1.80. The van der Waals surface area contributed by atoms with Crippen molar-refractivity contribution in [1.29, 1.82) is 0 Å². The van der Waals surface area contributed by atoms with Gasteiger partial charge < -0.3 is 15.6 Å². The highest BCUT2D eigenvalue weighted by Crippen LogP contribution is 2.31. The molecule has 0 aliphatic carbocycles. The molecule has 1 atom stereocenters. The fourth-order valence-corrected chi connectivity index (χ4v) is 1.80. The zero-order chi connectivity index (χ0) is 12.4. The largest absolute Gasteiger partial charge is 0.493 e. The van der Waals surface area contributed by atoms with E-state index >= 15 is 0 Å². The average molecular weight is 233 g/mol. The summed E-state index contributed by atoms with van der Waals surface area (Å²) in [6.07, 6.45) is 0.719. The van der Waals surface area contributed by atoms with Crippen LogP contribution in [0.2, 0.25) is 0 Å². The number of aliphatic hydroxyl groups is 1. The van der Waals surface area contributed by atoms with Crippen LogP contribution < -0.4 is 10.5 Å². The molecule has 0 saturated heterocycles. The van der Waals surface area contributed by atoms with Crippen LogP contribution in [0.4, 0.5) is 5.69 Å². The zero-order valence-electron chi connectivity index (χ0n) is 9.79. The van der Waals surface area contributed by atoms with E-state index in [1.54, 1.807) is 37.2 Å². The standard InChI is InChI=1S/C12H15N3O2/c1-15-11(10(17-2)7-14-15)12(16)8-5-3-4-6-9(8)13/h3-7,12,16H,13H2,1-2H3. The Labute approximate surface area is 99.4 Å². The van der Waals surface area contributed by atoms with Gasteiger partial charge in [-0.05, 0) is 6.07 Å². The van der Waals surface area contributed by atoms with Gasteiger partial charge >= 0.3 is 0 Å². The van der Waals surface area contributed by atoms with Crippen molar-refractivity contribution in [1.82, 2.24) is 9.78 Å². The molecule has 0 spiro atoms. The number of nitrogens with two attached hydrogens (primary N) is 1. The summed E-state index contributed by atoms with van der Waals surface area (Å²) in [5.74, 6) is 0.545. The van der Waals surface area contributed by atoms with E-state index in [1.807, 2.05) is 12.1 Å². The number of para-hydroxylation sites is 1. The first-order valence-corrected chi connectivity index (χ1v) is 5.23. The molecule has 1 unspecified atom stereocenters. The molecule has 90 valence electrons. The first kappa shape index (κ1) is 11.5. The number of benzene rings is 1. The summed E-state index contributed by atoms with van der Waals surface area (Å²) in [6.45, 7) is 0. The second-order valence-corrected chi connectivity index (χ2v) is 3.75.